The number of amides is 1. The van der Waals surface area contributed by atoms with Crippen molar-refractivity contribution in [2.75, 3.05) is 25.3 Å². The van der Waals surface area contributed by atoms with Gasteiger partial charge in [-0.15, -0.1) is 0 Å². The summed E-state index contributed by atoms with van der Waals surface area (Å²) in [5, 5.41) is 20.4. The average molecular weight is 429 g/mol. The molecular formula is C22H23NO8. The summed E-state index contributed by atoms with van der Waals surface area (Å²) in [4.78, 5) is 23.4. The number of anilines is 1. The minimum Gasteiger partial charge on any atom is -0.491 e. The molecule has 0 aliphatic carbocycles. The van der Waals surface area contributed by atoms with Crippen molar-refractivity contribution in [3.8, 4) is 17.2 Å². The number of fused-ring (bicyclic) bond motifs is 1. The lowest BCUT2D eigenvalue weighted by Crippen LogP contribution is -2.21. The molecule has 0 spiro atoms. The minimum absolute atomic E-state index is 0.107. The summed E-state index contributed by atoms with van der Waals surface area (Å²) in [5.41, 5.74) is 1.12. The lowest BCUT2D eigenvalue weighted by Gasteiger charge is -2.23. The summed E-state index contributed by atoms with van der Waals surface area (Å²) in [6.45, 7) is 1.92. The van der Waals surface area contributed by atoms with Crippen LogP contribution in [0.5, 0.6) is 17.2 Å². The molecule has 0 fully saturated rings. The first-order valence-electron chi connectivity index (χ1n) is 9.58. The highest BCUT2D eigenvalue weighted by Gasteiger charge is 2.23. The Morgan fingerprint density at radius 3 is 2.61 bits per heavy atom. The number of aliphatic carboxylic acids is 1. The molecule has 164 valence electrons. The minimum atomic E-state index is -1.09. The number of nitrogens with one attached hydrogen (secondary N) is 1. The molecule has 0 saturated carbocycles. The van der Waals surface area contributed by atoms with E-state index in [9.17, 15) is 9.59 Å². The van der Waals surface area contributed by atoms with Crippen molar-refractivity contribution in [2.45, 2.75) is 13.0 Å². The first-order chi connectivity index (χ1) is 15.0. The molecular weight excluding hydrogens is 406 g/mol. The Morgan fingerprint density at radius 1 is 1.16 bits per heavy atom. The van der Waals surface area contributed by atoms with E-state index in [4.69, 9.17) is 29.2 Å². The van der Waals surface area contributed by atoms with Crippen LogP contribution in [0.3, 0.4) is 0 Å². The fraction of sp³-hybridized carbons (Fsp3) is 0.273. The zero-order valence-corrected chi connectivity index (χ0v) is 16.8. The number of carbonyl (C=O) groups excluding carboxylic acids is 1. The van der Waals surface area contributed by atoms with Gasteiger partial charge in [0.1, 0.15) is 18.5 Å². The molecule has 0 radical (unpaired) electrons. The number of hydrogen-bond donors (Lipinski definition) is 3. The molecule has 0 aromatic heterocycles. The largest absolute Gasteiger partial charge is 0.491 e. The fourth-order valence-corrected chi connectivity index (χ4v) is 2.97. The lowest BCUT2D eigenvalue weighted by atomic mass is 9.96. The van der Waals surface area contributed by atoms with Crippen LogP contribution in [-0.4, -0.2) is 42.3 Å². The van der Waals surface area contributed by atoms with Crippen LogP contribution in [0.4, 0.5) is 10.5 Å². The van der Waals surface area contributed by atoms with E-state index in [0.29, 0.717) is 28.5 Å². The zero-order chi connectivity index (χ0) is 22.2. The Balaban J connectivity index is 1.74. The quantitative estimate of drug-likeness (QED) is 0.519. The molecule has 1 amide bonds. The van der Waals surface area contributed by atoms with Gasteiger partial charge in [-0.3, -0.25) is 5.32 Å². The van der Waals surface area contributed by atoms with Crippen LogP contribution in [0.25, 0.3) is 0 Å². The van der Waals surface area contributed by atoms with Gasteiger partial charge in [-0.2, -0.15) is 0 Å². The van der Waals surface area contributed by atoms with Crippen LogP contribution < -0.4 is 19.5 Å². The van der Waals surface area contributed by atoms with Crippen molar-refractivity contribution >= 4 is 17.7 Å². The predicted octanol–water partition coefficient (Wildman–Crippen LogP) is 3.35. The molecule has 3 N–H and O–H groups in total. The molecule has 31 heavy (non-hydrogen) atoms. The molecule has 2 aromatic carbocycles. The number of aliphatic hydroxyl groups is 1. The zero-order valence-electron chi connectivity index (χ0n) is 16.8. The van der Waals surface area contributed by atoms with E-state index in [1.807, 2.05) is 0 Å². The van der Waals surface area contributed by atoms with Gasteiger partial charge in [-0.25, -0.2) is 9.59 Å². The predicted molar refractivity (Wildman–Crippen MR) is 110 cm³/mol. The SMILES string of the molecule is C[C@H](/C=C/C(=O)O)[C@@H](OC(=O)Nc1ccc2c(c1)OCO2)c1ccc(OCCO)cc1. The normalized spacial score (nSPS) is 14.1. The maximum Gasteiger partial charge on any atom is 0.412 e. The van der Waals surface area contributed by atoms with Crippen LogP contribution in [0.2, 0.25) is 0 Å². The van der Waals surface area contributed by atoms with Crippen molar-refractivity contribution in [3.05, 3.63) is 60.2 Å². The highest BCUT2D eigenvalue weighted by atomic mass is 16.7. The molecule has 1 aliphatic heterocycles. The van der Waals surface area contributed by atoms with Crippen LogP contribution in [0.1, 0.15) is 18.6 Å². The van der Waals surface area contributed by atoms with Crippen molar-refractivity contribution in [3.63, 3.8) is 0 Å². The second-order valence-corrected chi connectivity index (χ2v) is 6.72. The lowest BCUT2D eigenvalue weighted by molar-refractivity contribution is -0.131. The molecule has 1 heterocycles. The molecule has 9 nitrogen and oxygen atoms in total. The molecule has 0 bridgehead atoms. The fourth-order valence-electron chi connectivity index (χ4n) is 2.97. The van der Waals surface area contributed by atoms with Crippen molar-refractivity contribution in [2.24, 2.45) is 5.92 Å². The summed E-state index contributed by atoms with van der Waals surface area (Å²) in [7, 11) is 0. The van der Waals surface area contributed by atoms with Gasteiger partial charge in [0.15, 0.2) is 11.5 Å². The third kappa shape index (κ3) is 6.13. The van der Waals surface area contributed by atoms with E-state index in [1.165, 1.54) is 6.08 Å². The summed E-state index contributed by atoms with van der Waals surface area (Å²) in [6, 6.07) is 11.8. The number of aliphatic hydroxyl groups excluding tert-OH is 1. The molecule has 0 saturated heterocycles. The van der Waals surface area contributed by atoms with Crippen molar-refractivity contribution < 1.29 is 38.7 Å². The van der Waals surface area contributed by atoms with E-state index in [0.717, 1.165) is 6.08 Å². The maximum atomic E-state index is 12.5. The summed E-state index contributed by atoms with van der Waals surface area (Å²) < 4.78 is 21.5. The molecule has 1 aliphatic rings. The molecule has 9 heteroatoms. The van der Waals surface area contributed by atoms with Gasteiger partial charge in [0, 0.05) is 23.7 Å². The maximum absolute atomic E-state index is 12.5. The average Bonchev–Trinajstić information content (AvgIpc) is 3.22. The van der Waals surface area contributed by atoms with E-state index < -0.39 is 24.1 Å². The smallest absolute Gasteiger partial charge is 0.412 e. The molecule has 0 unspecified atom stereocenters. The van der Waals surface area contributed by atoms with E-state index in [-0.39, 0.29) is 20.0 Å². The highest BCUT2D eigenvalue weighted by Crippen LogP contribution is 2.35. The van der Waals surface area contributed by atoms with E-state index in [1.54, 1.807) is 49.4 Å². The second kappa shape index (κ2) is 10.4. The van der Waals surface area contributed by atoms with Crippen molar-refractivity contribution in [1.29, 1.82) is 0 Å². The Morgan fingerprint density at radius 2 is 1.90 bits per heavy atom. The van der Waals surface area contributed by atoms with Gasteiger partial charge in [0.05, 0.1) is 6.61 Å². The van der Waals surface area contributed by atoms with Crippen LogP contribution in [0.15, 0.2) is 54.6 Å². The monoisotopic (exact) mass is 429 g/mol. The molecule has 3 rings (SSSR count). The number of hydrogen-bond acceptors (Lipinski definition) is 7. The summed E-state index contributed by atoms with van der Waals surface area (Å²) >= 11 is 0. The van der Waals surface area contributed by atoms with Gasteiger partial charge in [0.25, 0.3) is 0 Å². The van der Waals surface area contributed by atoms with Gasteiger partial charge >= 0.3 is 12.1 Å². The van der Waals surface area contributed by atoms with E-state index in [2.05, 4.69) is 5.32 Å². The Bertz CT molecular complexity index is 941. The van der Waals surface area contributed by atoms with E-state index >= 15 is 0 Å². The van der Waals surface area contributed by atoms with Crippen molar-refractivity contribution in [1.82, 2.24) is 0 Å². The number of carbonyl (C=O) groups is 2. The van der Waals surface area contributed by atoms with Crippen LogP contribution in [-0.2, 0) is 9.53 Å². The van der Waals surface area contributed by atoms with Gasteiger partial charge < -0.3 is 29.2 Å². The second-order valence-electron chi connectivity index (χ2n) is 6.72. The Hall–Kier alpha value is -3.72. The Kier molecular flexibility index (Phi) is 7.34. The summed E-state index contributed by atoms with van der Waals surface area (Å²) in [6.07, 6.45) is 1.00. The van der Waals surface area contributed by atoms with Crippen LogP contribution in [0, 0.1) is 5.92 Å². The van der Waals surface area contributed by atoms with Crippen LogP contribution >= 0.6 is 0 Å². The number of benzene rings is 2. The number of ether oxygens (including phenoxy) is 4. The third-order valence-electron chi connectivity index (χ3n) is 4.44. The Labute approximate surface area is 178 Å². The topological polar surface area (TPSA) is 124 Å². The van der Waals surface area contributed by atoms with Gasteiger partial charge in [-0.05, 0) is 29.8 Å². The molecule has 2 aromatic rings. The number of rotatable bonds is 9. The molecule has 2 atom stereocenters. The number of carboxylic acids is 1. The van der Waals surface area contributed by atoms with Gasteiger partial charge in [0.2, 0.25) is 6.79 Å². The first-order valence-corrected chi connectivity index (χ1v) is 9.58. The first kappa shape index (κ1) is 22.0. The third-order valence-corrected chi connectivity index (χ3v) is 4.44. The number of carboxylic acid groups (broad SMARTS) is 1. The highest BCUT2D eigenvalue weighted by molar-refractivity contribution is 5.85. The summed E-state index contributed by atoms with van der Waals surface area (Å²) in [5.74, 6) is 0.138. The standard InChI is InChI=1S/C22H23NO8/c1-14(2-9-20(25)26)21(15-3-6-17(7-4-15)28-11-10-24)31-22(27)23-16-5-8-18-19(12-16)30-13-29-18/h2-9,12,14,21,24H,10-11,13H2,1H3,(H,23,27)(H,25,26)/b9-2+/t14-,21-/m1/s1. The van der Waals surface area contributed by atoms with Gasteiger partial charge in [-0.1, -0.05) is 25.1 Å².